The third-order valence-electron chi connectivity index (χ3n) is 4.30. The zero-order chi connectivity index (χ0) is 20.8. The highest BCUT2D eigenvalue weighted by molar-refractivity contribution is 5.91. The molecule has 3 rings (SSSR count). The van der Waals surface area contributed by atoms with Crippen molar-refractivity contribution in [1.29, 1.82) is 0 Å². The van der Waals surface area contributed by atoms with Crippen LogP contribution in [0.3, 0.4) is 0 Å². The molecule has 0 saturated heterocycles. The van der Waals surface area contributed by atoms with Crippen LogP contribution in [0.25, 0.3) is 0 Å². The van der Waals surface area contributed by atoms with Gasteiger partial charge in [-0.3, -0.25) is 14.4 Å². The summed E-state index contributed by atoms with van der Waals surface area (Å²) in [5.74, 6) is -0.506. The zero-order valence-corrected chi connectivity index (χ0v) is 16.3. The SMILES string of the molecule is CN(C)C(=O)Cn1cc(C(=O)NCc2ccc(Cn3ccccc3=O)cc2)nn1. The van der Waals surface area contributed by atoms with E-state index < -0.39 is 0 Å². The maximum atomic E-state index is 12.2. The van der Waals surface area contributed by atoms with Crippen LogP contribution in [0.5, 0.6) is 0 Å². The Morgan fingerprint density at radius 2 is 1.79 bits per heavy atom. The molecular formula is C20H22N6O3. The van der Waals surface area contributed by atoms with Crippen LogP contribution in [0.1, 0.15) is 21.6 Å². The van der Waals surface area contributed by atoms with Crippen LogP contribution in [0, 0.1) is 0 Å². The van der Waals surface area contributed by atoms with Crippen LogP contribution in [0.2, 0.25) is 0 Å². The van der Waals surface area contributed by atoms with Crippen molar-refractivity contribution in [2.45, 2.75) is 19.6 Å². The second-order valence-electron chi connectivity index (χ2n) is 6.76. The second kappa shape index (κ2) is 8.96. The van der Waals surface area contributed by atoms with Crippen LogP contribution in [0.4, 0.5) is 0 Å². The van der Waals surface area contributed by atoms with Gasteiger partial charge < -0.3 is 14.8 Å². The molecule has 0 spiro atoms. The number of nitrogens with zero attached hydrogens (tertiary/aromatic N) is 5. The second-order valence-corrected chi connectivity index (χ2v) is 6.76. The van der Waals surface area contributed by atoms with E-state index in [1.165, 1.54) is 21.8 Å². The molecule has 0 bridgehead atoms. The first kappa shape index (κ1) is 20.0. The lowest BCUT2D eigenvalue weighted by Crippen LogP contribution is -2.26. The van der Waals surface area contributed by atoms with E-state index in [9.17, 15) is 14.4 Å². The molecule has 0 aliphatic carbocycles. The Kier molecular flexibility index (Phi) is 6.18. The van der Waals surface area contributed by atoms with Gasteiger partial charge in [0.15, 0.2) is 5.69 Å². The standard InChI is InChI=1S/C20H22N6O3/c1-24(2)19(28)14-26-13-17(22-23-26)20(29)21-11-15-6-8-16(9-7-15)12-25-10-4-3-5-18(25)27/h3-10,13H,11-12,14H2,1-2H3,(H,21,29). The molecule has 9 nitrogen and oxygen atoms in total. The highest BCUT2D eigenvalue weighted by Crippen LogP contribution is 2.06. The Morgan fingerprint density at radius 3 is 2.48 bits per heavy atom. The van der Waals surface area contributed by atoms with Gasteiger partial charge in [-0.05, 0) is 17.2 Å². The Hall–Kier alpha value is -3.75. The van der Waals surface area contributed by atoms with Crippen molar-refractivity contribution in [2.24, 2.45) is 0 Å². The monoisotopic (exact) mass is 394 g/mol. The highest BCUT2D eigenvalue weighted by Gasteiger charge is 2.13. The van der Waals surface area contributed by atoms with E-state index in [-0.39, 0.29) is 29.6 Å². The minimum atomic E-state index is -0.367. The molecule has 9 heteroatoms. The number of aromatic nitrogens is 4. The van der Waals surface area contributed by atoms with Gasteiger partial charge in [0.1, 0.15) is 6.54 Å². The van der Waals surface area contributed by atoms with Crippen LogP contribution < -0.4 is 10.9 Å². The number of carbonyl (C=O) groups is 2. The Labute approximate surface area is 167 Å². The lowest BCUT2D eigenvalue weighted by atomic mass is 10.1. The topological polar surface area (TPSA) is 102 Å². The largest absolute Gasteiger partial charge is 0.347 e. The molecule has 0 unspecified atom stereocenters. The normalized spacial score (nSPS) is 10.6. The molecule has 29 heavy (non-hydrogen) atoms. The van der Waals surface area contributed by atoms with Gasteiger partial charge >= 0.3 is 0 Å². The Balaban J connectivity index is 1.54. The molecule has 1 N–H and O–H groups in total. The molecule has 1 aromatic carbocycles. The van der Waals surface area contributed by atoms with Gasteiger partial charge in [-0.25, -0.2) is 4.68 Å². The smallest absolute Gasteiger partial charge is 0.273 e. The number of hydrogen-bond donors (Lipinski definition) is 1. The van der Waals surface area contributed by atoms with E-state index in [2.05, 4.69) is 15.6 Å². The lowest BCUT2D eigenvalue weighted by molar-refractivity contribution is -0.129. The molecule has 2 amide bonds. The molecule has 0 radical (unpaired) electrons. The summed E-state index contributed by atoms with van der Waals surface area (Å²) >= 11 is 0. The number of benzene rings is 1. The number of rotatable bonds is 7. The number of carbonyl (C=O) groups excluding carboxylic acids is 2. The molecule has 3 aromatic rings. The minimum absolute atomic E-state index is 0.0270. The van der Waals surface area contributed by atoms with E-state index in [1.807, 2.05) is 30.3 Å². The van der Waals surface area contributed by atoms with E-state index in [1.54, 1.807) is 30.9 Å². The molecule has 2 aromatic heterocycles. The van der Waals surface area contributed by atoms with E-state index in [0.29, 0.717) is 13.1 Å². The fourth-order valence-electron chi connectivity index (χ4n) is 2.58. The van der Waals surface area contributed by atoms with E-state index >= 15 is 0 Å². The van der Waals surface area contributed by atoms with Gasteiger partial charge in [0, 0.05) is 32.9 Å². The molecule has 0 fully saturated rings. The van der Waals surface area contributed by atoms with Crippen molar-refractivity contribution in [3.63, 3.8) is 0 Å². The zero-order valence-electron chi connectivity index (χ0n) is 16.3. The summed E-state index contributed by atoms with van der Waals surface area (Å²) < 4.78 is 2.96. The quantitative estimate of drug-likeness (QED) is 0.629. The fraction of sp³-hybridized carbons (Fsp3) is 0.250. The Bertz CT molecular complexity index is 1050. The van der Waals surface area contributed by atoms with Gasteiger partial charge in [-0.1, -0.05) is 35.5 Å². The summed E-state index contributed by atoms with van der Waals surface area (Å²) in [5.41, 5.74) is 2.00. The van der Waals surface area contributed by atoms with Crippen molar-refractivity contribution in [3.05, 3.63) is 82.0 Å². The van der Waals surface area contributed by atoms with Crippen LogP contribution in [0.15, 0.2) is 59.7 Å². The number of hydrogen-bond acceptors (Lipinski definition) is 5. The number of amides is 2. The first-order valence-corrected chi connectivity index (χ1v) is 9.04. The minimum Gasteiger partial charge on any atom is -0.347 e. The third-order valence-corrected chi connectivity index (χ3v) is 4.30. The Morgan fingerprint density at radius 1 is 1.07 bits per heavy atom. The van der Waals surface area contributed by atoms with Gasteiger partial charge in [-0.15, -0.1) is 5.10 Å². The van der Waals surface area contributed by atoms with Gasteiger partial charge in [0.05, 0.1) is 12.7 Å². The molecule has 0 aliphatic rings. The first-order valence-electron chi connectivity index (χ1n) is 9.04. The van der Waals surface area contributed by atoms with Crippen molar-refractivity contribution in [3.8, 4) is 0 Å². The predicted octanol–water partition coefficient (Wildman–Crippen LogP) is 0.506. The number of pyridine rings is 1. The summed E-state index contributed by atoms with van der Waals surface area (Å²) in [5, 5.41) is 10.4. The average Bonchev–Trinajstić information content (AvgIpc) is 3.17. The third kappa shape index (κ3) is 5.38. The number of nitrogens with one attached hydrogen (secondary N) is 1. The summed E-state index contributed by atoms with van der Waals surface area (Å²) in [6.45, 7) is 0.841. The molecule has 150 valence electrons. The van der Waals surface area contributed by atoms with Gasteiger partial charge in [0.2, 0.25) is 5.91 Å². The lowest BCUT2D eigenvalue weighted by Gasteiger charge is -2.08. The molecule has 0 atom stereocenters. The summed E-state index contributed by atoms with van der Waals surface area (Å²) in [4.78, 5) is 37.1. The fourth-order valence-corrected chi connectivity index (χ4v) is 2.58. The molecule has 2 heterocycles. The maximum absolute atomic E-state index is 12.2. The van der Waals surface area contributed by atoms with Gasteiger partial charge in [-0.2, -0.15) is 0 Å². The van der Waals surface area contributed by atoms with E-state index in [4.69, 9.17) is 0 Å². The molecule has 0 aliphatic heterocycles. The first-order chi connectivity index (χ1) is 13.9. The summed E-state index contributed by atoms with van der Waals surface area (Å²) in [6, 6.07) is 12.7. The molecular weight excluding hydrogens is 372 g/mol. The van der Waals surface area contributed by atoms with Crippen LogP contribution in [-0.2, 0) is 24.4 Å². The van der Waals surface area contributed by atoms with Crippen molar-refractivity contribution >= 4 is 11.8 Å². The number of likely N-dealkylation sites (N-methyl/N-ethyl adjacent to an activating group) is 1. The van der Waals surface area contributed by atoms with Gasteiger partial charge in [0.25, 0.3) is 11.5 Å². The maximum Gasteiger partial charge on any atom is 0.273 e. The van der Waals surface area contributed by atoms with Crippen LogP contribution in [-0.4, -0.2) is 50.4 Å². The molecule has 0 saturated carbocycles. The summed E-state index contributed by atoms with van der Waals surface area (Å²) in [7, 11) is 3.30. The summed E-state index contributed by atoms with van der Waals surface area (Å²) in [6.07, 6.45) is 3.19. The predicted molar refractivity (Wildman–Crippen MR) is 106 cm³/mol. The van der Waals surface area contributed by atoms with Crippen LogP contribution >= 0.6 is 0 Å². The highest BCUT2D eigenvalue weighted by atomic mass is 16.2. The van der Waals surface area contributed by atoms with Crippen molar-refractivity contribution in [2.75, 3.05) is 14.1 Å². The van der Waals surface area contributed by atoms with Crippen molar-refractivity contribution in [1.82, 2.24) is 29.8 Å². The average molecular weight is 394 g/mol. The van der Waals surface area contributed by atoms with Crippen molar-refractivity contribution < 1.29 is 9.59 Å². The van der Waals surface area contributed by atoms with E-state index in [0.717, 1.165) is 11.1 Å².